The number of piperidine rings is 1. The second-order valence-corrected chi connectivity index (χ2v) is 9.74. The summed E-state index contributed by atoms with van der Waals surface area (Å²) in [6.45, 7) is 10.2. The Hall–Kier alpha value is -3.06. The minimum absolute atomic E-state index is 0.0993. The summed E-state index contributed by atoms with van der Waals surface area (Å²) in [5, 5.41) is 13.4. The summed E-state index contributed by atoms with van der Waals surface area (Å²) in [6, 6.07) is 13.4. The molecule has 0 spiro atoms. The molecular formula is C27H37N5O2. The van der Waals surface area contributed by atoms with Crippen molar-refractivity contribution in [2.24, 2.45) is 0 Å². The van der Waals surface area contributed by atoms with Gasteiger partial charge in [-0.1, -0.05) is 32.0 Å². The van der Waals surface area contributed by atoms with E-state index >= 15 is 0 Å². The fourth-order valence-corrected chi connectivity index (χ4v) is 5.78. The number of amides is 2. The zero-order chi connectivity index (χ0) is 24.6. The summed E-state index contributed by atoms with van der Waals surface area (Å²) in [7, 11) is 3.99. The van der Waals surface area contributed by atoms with Crippen molar-refractivity contribution < 1.29 is 9.90 Å². The van der Waals surface area contributed by atoms with Gasteiger partial charge in [-0.15, -0.1) is 0 Å². The fourth-order valence-electron chi connectivity index (χ4n) is 5.78. The predicted octanol–water partition coefficient (Wildman–Crippen LogP) is 4.84. The molecule has 3 aromatic rings. The predicted molar refractivity (Wildman–Crippen MR) is 138 cm³/mol. The summed E-state index contributed by atoms with van der Waals surface area (Å²) >= 11 is 0. The number of anilines is 1. The van der Waals surface area contributed by atoms with Crippen LogP contribution in [0.1, 0.15) is 45.2 Å². The van der Waals surface area contributed by atoms with Crippen LogP contribution < -0.4 is 5.32 Å². The minimum Gasteiger partial charge on any atom is -0.508 e. The van der Waals surface area contributed by atoms with Crippen molar-refractivity contribution in [3.8, 4) is 5.75 Å². The zero-order valence-electron chi connectivity index (χ0n) is 21.2. The monoisotopic (exact) mass is 463 g/mol. The van der Waals surface area contributed by atoms with Crippen molar-refractivity contribution in [2.45, 2.75) is 64.6 Å². The van der Waals surface area contributed by atoms with Crippen LogP contribution in [0.5, 0.6) is 5.75 Å². The summed E-state index contributed by atoms with van der Waals surface area (Å²) in [5.41, 5.74) is 3.90. The maximum absolute atomic E-state index is 13.6. The van der Waals surface area contributed by atoms with E-state index in [0.717, 1.165) is 36.0 Å². The van der Waals surface area contributed by atoms with Crippen LogP contribution in [-0.2, 0) is 18.4 Å². The Morgan fingerprint density at radius 2 is 2.00 bits per heavy atom. The van der Waals surface area contributed by atoms with E-state index in [9.17, 15) is 9.90 Å². The van der Waals surface area contributed by atoms with Crippen molar-refractivity contribution >= 4 is 23.0 Å². The molecule has 34 heavy (non-hydrogen) atoms. The first-order valence-electron chi connectivity index (χ1n) is 12.2. The van der Waals surface area contributed by atoms with Gasteiger partial charge in [0.05, 0.1) is 17.1 Å². The smallest absolute Gasteiger partial charge is 0.324 e. The van der Waals surface area contributed by atoms with Gasteiger partial charge in [0.2, 0.25) is 5.95 Å². The van der Waals surface area contributed by atoms with Crippen molar-refractivity contribution in [1.82, 2.24) is 19.4 Å². The van der Waals surface area contributed by atoms with Crippen LogP contribution >= 0.6 is 0 Å². The lowest BCUT2D eigenvalue weighted by atomic mass is 9.66. The van der Waals surface area contributed by atoms with Gasteiger partial charge < -0.3 is 19.5 Å². The molecule has 0 bridgehead atoms. The van der Waals surface area contributed by atoms with Crippen molar-refractivity contribution in [3.63, 3.8) is 0 Å². The Kier molecular flexibility index (Phi) is 6.58. The van der Waals surface area contributed by atoms with Gasteiger partial charge in [0.1, 0.15) is 5.75 Å². The van der Waals surface area contributed by atoms with Gasteiger partial charge in [-0.25, -0.2) is 9.78 Å². The average molecular weight is 464 g/mol. The molecule has 2 N–H and O–H groups in total. The average Bonchev–Trinajstić information content (AvgIpc) is 3.18. The highest BCUT2D eigenvalue weighted by atomic mass is 16.3. The number of nitrogens with one attached hydrogen (secondary N) is 1. The van der Waals surface area contributed by atoms with Gasteiger partial charge in [0.25, 0.3) is 0 Å². The van der Waals surface area contributed by atoms with E-state index in [4.69, 9.17) is 0 Å². The summed E-state index contributed by atoms with van der Waals surface area (Å²) < 4.78 is 2.03. The van der Waals surface area contributed by atoms with Crippen molar-refractivity contribution in [2.75, 3.05) is 26.0 Å². The molecule has 3 atom stereocenters. The van der Waals surface area contributed by atoms with Crippen molar-refractivity contribution in [3.05, 3.63) is 53.6 Å². The molecule has 1 saturated heterocycles. The summed E-state index contributed by atoms with van der Waals surface area (Å²) in [6.07, 6.45) is 1.76. The van der Waals surface area contributed by atoms with Gasteiger partial charge in [-0.05, 0) is 75.7 Å². The number of aromatic hydroxyl groups is 1. The topological polar surface area (TPSA) is 73.6 Å². The normalized spacial score (nSPS) is 23.2. The number of phenols is 1. The van der Waals surface area contributed by atoms with E-state index in [2.05, 4.69) is 49.9 Å². The van der Waals surface area contributed by atoms with Crippen LogP contribution in [0.25, 0.3) is 11.0 Å². The first kappa shape index (κ1) is 24.1. The molecule has 4 rings (SSSR count). The third kappa shape index (κ3) is 4.02. The molecule has 7 heteroatoms. The van der Waals surface area contributed by atoms with E-state index in [0.29, 0.717) is 12.5 Å². The number of carbonyl (C=O) groups excluding carboxylic acids is 1. The molecule has 1 unspecified atom stereocenters. The van der Waals surface area contributed by atoms with Crippen LogP contribution in [-0.4, -0.2) is 63.2 Å². The number of hydrogen-bond donors (Lipinski definition) is 2. The van der Waals surface area contributed by atoms with Gasteiger partial charge in [-0.2, -0.15) is 0 Å². The molecule has 1 aliphatic rings. The fraction of sp³-hybridized carbons (Fsp3) is 0.481. The second-order valence-electron chi connectivity index (χ2n) is 9.74. The molecular weight excluding hydrogens is 426 g/mol. The Morgan fingerprint density at radius 1 is 1.26 bits per heavy atom. The highest BCUT2D eigenvalue weighted by molar-refractivity contribution is 5.90. The van der Waals surface area contributed by atoms with E-state index in [1.807, 2.05) is 52.9 Å². The lowest BCUT2D eigenvalue weighted by molar-refractivity contribution is 0.0396. The Morgan fingerprint density at radius 3 is 2.71 bits per heavy atom. The van der Waals surface area contributed by atoms with Crippen LogP contribution in [0.4, 0.5) is 10.7 Å². The Labute approximate surface area is 202 Å². The standard InChI is InChI=1S/C27H37N5O2/c1-7-19-13-14-20(33)17-21(19)27(4)15-16-30(5)18(3)24(27)31(6)26(34)29-25-28-22-11-9-10-12-23(22)32(25)8-2/h9-14,17-18,24,33H,7-8,15-16H2,1-6H3,(H,28,29,34)/t18?,24-,27+/m0/s1. The van der Waals surface area contributed by atoms with Crippen molar-refractivity contribution in [1.29, 1.82) is 0 Å². The molecule has 2 aromatic carbocycles. The molecule has 7 nitrogen and oxygen atoms in total. The van der Waals surface area contributed by atoms with Gasteiger partial charge in [0.15, 0.2) is 0 Å². The van der Waals surface area contributed by atoms with E-state index < -0.39 is 0 Å². The Bertz CT molecular complexity index is 1190. The lowest BCUT2D eigenvalue weighted by Gasteiger charge is -2.53. The maximum atomic E-state index is 13.6. The number of aryl methyl sites for hydroxylation is 2. The number of phenolic OH excluding ortho intramolecular Hbond substituents is 1. The van der Waals surface area contributed by atoms with E-state index in [1.165, 1.54) is 5.56 Å². The van der Waals surface area contributed by atoms with Crippen LogP contribution in [0, 0.1) is 0 Å². The number of para-hydroxylation sites is 2. The third-order valence-corrected chi connectivity index (χ3v) is 7.81. The highest BCUT2D eigenvalue weighted by Gasteiger charge is 2.48. The summed E-state index contributed by atoms with van der Waals surface area (Å²) in [4.78, 5) is 22.5. The summed E-state index contributed by atoms with van der Waals surface area (Å²) in [5.74, 6) is 0.827. The van der Waals surface area contributed by atoms with Crippen LogP contribution in [0.2, 0.25) is 0 Å². The number of benzene rings is 2. The number of likely N-dealkylation sites (N-methyl/N-ethyl adjacent to an activating group) is 2. The number of rotatable bonds is 5. The molecule has 0 radical (unpaired) electrons. The number of carbonyl (C=O) groups is 1. The van der Waals surface area contributed by atoms with Crippen LogP contribution in [0.3, 0.4) is 0 Å². The van der Waals surface area contributed by atoms with Gasteiger partial charge in [-0.3, -0.25) is 5.32 Å². The highest BCUT2D eigenvalue weighted by Crippen LogP contribution is 2.43. The number of nitrogens with zero attached hydrogens (tertiary/aromatic N) is 4. The number of likely N-dealkylation sites (tertiary alicyclic amines) is 1. The molecule has 1 aromatic heterocycles. The maximum Gasteiger partial charge on any atom is 0.324 e. The Balaban J connectivity index is 1.71. The quantitative estimate of drug-likeness (QED) is 0.568. The van der Waals surface area contributed by atoms with Gasteiger partial charge in [0, 0.05) is 25.0 Å². The lowest BCUT2D eigenvalue weighted by Crippen LogP contribution is -2.64. The first-order chi connectivity index (χ1) is 16.2. The first-order valence-corrected chi connectivity index (χ1v) is 12.2. The number of fused-ring (bicyclic) bond motifs is 1. The SMILES string of the molecule is CCc1ccc(O)cc1[C@@]1(C)CCN(C)C(C)[C@@H]1N(C)C(=O)Nc1nc2ccccc2n1CC. The molecule has 1 aliphatic heterocycles. The van der Waals surface area contributed by atoms with E-state index in [1.54, 1.807) is 6.07 Å². The van der Waals surface area contributed by atoms with Crippen LogP contribution in [0.15, 0.2) is 42.5 Å². The molecule has 2 amide bonds. The second kappa shape index (κ2) is 9.29. The largest absolute Gasteiger partial charge is 0.508 e. The molecule has 1 fully saturated rings. The molecule has 0 saturated carbocycles. The number of aromatic nitrogens is 2. The number of imidazole rings is 1. The number of hydrogen-bond acceptors (Lipinski definition) is 4. The third-order valence-electron chi connectivity index (χ3n) is 7.81. The molecule has 0 aliphatic carbocycles. The molecule has 2 heterocycles. The van der Waals surface area contributed by atoms with Gasteiger partial charge >= 0.3 is 6.03 Å². The molecule has 182 valence electrons. The minimum atomic E-state index is -0.313. The van der Waals surface area contributed by atoms with E-state index in [-0.39, 0.29) is 29.3 Å². The number of urea groups is 1. The zero-order valence-corrected chi connectivity index (χ0v) is 21.2.